The number of hydrogen-bond donors (Lipinski definition) is 2. The van der Waals surface area contributed by atoms with Crippen LogP contribution in [0.4, 0.5) is 0 Å². The monoisotopic (exact) mass is 752 g/mol. The van der Waals surface area contributed by atoms with Crippen molar-refractivity contribution in [1.82, 2.24) is 0 Å². The summed E-state index contributed by atoms with van der Waals surface area (Å²) in [5, 5.41) is 8.93. The Morgan fingerprint density at radius 2 is 1.03 bits per heavy atom. The summed E-state index contributed by atoms with van der Waals surface area (Å²) in [5.41, 5.74) is -0.298. The summed E-state index contributed by atoms with van der Waals surface area (Å²) in [6, 6.07) is 17.3. The number of halogens is 3. The normalized spacial score (nSPS) is 11.0. The molecule has 0 atom stereocenters. The molecule has 0 amide bonds. The number of thioether (sulfide) groups is 2. The first-order chi connectivity index (χ1) is 17.0. The summed E-state index contributed by atoms with van der Waals surface area (Å²) in [5.74, 6) is 2.06. The minimum atomic E-state index is -0.156. The van der Waals surface area contributed by atoms with Crippen molar-refractivity contribution in [1.29, 1.82) is 0 Å². The van der Waals surface area contributed by atoms with Gasteiger partial charge in [0, 0.05) is 28.1 Å². The van der Waals surface area contributed by atoms with Gasteiger partial charge in [-0.2, -0.15) is 0 Å². The first-order valence-corrected chi connectivity index (χ1v) is 16.5. The second-order valence-corrected chi connectivity index (χ2v) is 14.8. The van der Waals surface area contributed by atoms with Gasteiger partial charge < -0.3 is 14.6 Å². The fourth-order valence-corrected chi connectivity index (χ4v) is 5.90. The molecule has 1 N–H and O–H groups in total. The number of phenolic OH excluding ortho intramolecular Hbond substituents is 1. The molecular weight excluding hydrogens is 720 g/mol. The average molecular weight is 755 g/mol. The first kappa shape index (κ1) is 34.6. The van der Waals surface area contributed by atoms with Crippen LogP contribution in [0.1, 0.15) is 41.5 Å². The third-order valence-corrected chi connectivity index (χ3v) is 6.92. The first-order valence-electron chi connectivity index (χ1n) is 11.3. The van der Waals surface area contributed by atoms with Gasteiger partial charge in [-0.1, -0.05) is 47.8 Å². The second kappa shape index (κ2) is 16.0. The van der Waals surface area contributed by atoms with Gasteiger partial charge in [0.15, 0.2) is 0 Å². The van der Waals surface area contributed by atoms with E-state index in [1.54, 1.807) is 35.7 Å². The van der Waals surface area contributed by atoms with Crippen LogP contribution in [0.2, 0.25) is 0 Å². The number of benzene rings is 3. The maximum Gasteiger partial charge on any atom is 0.122 e. The van der Waals surface area contributed by atoms with Gasteiger partial charge in [-0.15, -0.1) is 36.2 Å². The fourth-order valence-electron chi connectivity index (χ4n) is 2.69. The minimum absolute atomic E-state index is 0.142. The van der Waals surface area contributed by atoms with Crippen LogP contribution in [-0.4, -0.2) is 28.8 Å². The summed E-state index contributed by atoms with van der Waals surface area (Å²) >= 11 is 17.7. The molecule has 0 heterocycles. The molecule has 0 saturated heterocycles. The molecule has 3 nitrogen and oxygen atoms in total. The van der Waals surface area contributed by atoms with Gasteiger partial charge in [0.2, 0.25) is 0 Å². The molecule has 0 aliphatic carbocycles. The quantitative estimate of drug-likeness (QED) is 0.205. The van der Waals surface area contributed by atoms with Crippen molar-refractivity contribution >= 4 is 83.9 Å². The van der Waals surface area contributed by atoms with Crippen LogP contribution in [0.15, 0.2) is 82.7 Å². The number of ether oxygens (including phenoxy) is 2. The van der Waals surface area contributed by atoms with Crippen molar-refractivity contribution < 1.29 is 14.6 Å². The second-order valence-electron chi connectivity index (χ2n) is 9.75. The van der Waals surface area contributed by atoms with E-state index in [4.69, 9.17) is 14.6 Å². The van der Waals surface area contributed by atoms with Gasteiger partial charge in [-0.25, -0.2) is 0 Å². The van der Waals surface area contributed by atoms with Crippen LogP contribution in [0, 0.1) is 0 Å². The third kappa shape index (κ3) is 16.3. The zero-order chi connectivity index (χ0) is 28.4. The zero-order valence-electron chi connectivity index (χ0n) is 22.4. The molecule has 37 heavy (non-hydrogen) atoms. The highest BCUT2D eigenvalue weighted by atomic mass is 79.9. The van der Waals surface area contributed by atoms with Gasteiger partial charge in [0.05, 0.1) is 0 Å². The van der Waals surface area contributed by atoms with E-state index in [1.165, 1.54) is 9.79 Å². The smallest absolute Gasteiger partial charge is 0.122 e. The Morgan fingerprint density at radius 3 is 1.43 bits per heavy atom. The Morgan fingerprint density at radius 1 is 0.622 bits per heavy atom. The predicted molar refractivity (Wildman–Crippen MR) is 176 cm³/mol. The van der Waals surface area contributed by atoms with E-state index in [2.05, 4.69) is 78.8 Å². The molecule has 0 fully saturated rings. The molecule has 204 valence electrons. The average Bonchev–Trinajstić information content (AvgIpc) is 2.70. The molecule has 0 unspecified atom stereocenters. The molecule has 0 radical (unpaired) electrons. The van der Waals surface area contributed by atoms with Gasteiger partial charge in [-0.3, -0.25) is 0 Å². The maximum atomic E-state index is 8.93. The van der Waals surface area contributed by atoms with Gasteiger partial charge in [0.25, 0.3) is 0 Å². The van der Waals surface area contributed by atoms with E-state index < -0.39 is 0 Å². The molecule has 0 aliphatic rings. The van der Waals surface area contributed by atoms with Gasteiger partial charge in [-0.05, 0) is 109 Å². The summed E-state index contributed by atoms with van der Waals surface area (Å²) in [6.07, 6.45) is 4.10. The number of thiol groups is 1. The third-order valence-electron chi connectivity index (χ3n) is 3.88. The lowest BCUT2D eigenvalue weighted by Gasteiger charge is -2.21. The Bertz CT molecular complexity index is 1030. The van der Waals surface area contributed by atoms with Crippen LogP contribution >= 0.6 is 83.9 Å². The van der Waals surface area contributed by atoms with E-state index in [1.807, 2.05) is 78.1 Å². The van der Waals surface area contributed by atoms with E-state index in [0.717, 1.165) is 29.8 Å². The van der Waals surface area contributed by atoms with Crippen molar-refractivity contribution in [3.05, 3.63) is 68.0 Å². The highest BCUT2D eigenvalue weighted by Crippen LogP contribution is 2.29. The van der Waals surface area contributed by atoms with E-state index in [0.29, 0.717) is 0 Å². The topological polar surface area (TPSA) is 38.7 Å². The molecular formula is C28H35Br3O3S3. The Hall–Kier alpha value is -0.450. The molecule has 0 bridgehead atoms. The number of aromatic hydroxyl groups is 1. The molecule has 9 heteroatoms. The molecule has 3 aromatic carbocycles. The summed E-state index contributed by atoms with van der Waals surface area (Å²) in [6.45, 7) is 12.3. The number of hydrogen-bond acceptors (Lipinski definition) is 6. The van der Waals surface area contributed by atoms with E-state index >= 15 is 0 Å². The lowest BCUT2D eigenvalue weighted by molar-refractivity contribution is 0.130. The van der Waals surface area contributed by atoms with Crippen LogP contribution in [0.25, 0.3) is 0 Å². The molecule has 0 saturated carbocycles. The van der Waals surface area contributed by atoms with Crippen LogP contribution in [0.5, 0.6) is 17.2 Å². The number of phenols is 1. The Balaban J connectivity index is 0.000000285. The van der Waals surface area contributed by atoms with Crippen LogP contribution < -0.4 is 9.47 Å². The fraction of sp³-hybridized carbons (Fsp3) is 0.357. The summed E-state index contributed by atoms with van der Waals surface area (Å²) in [4.78, 5) is 3.33. The van der Waals surface area contributed by atoms with Gasteiger partial charge >= 0.3 is 0 Å². The standard InChI is InChI=1S/C11H15BrOS.C11H16OS2.C6H4Br2O/c1-11(2,3)13-9-5-8(12)6-10(7-9)14-4;1-11(2,3)12-8-5-9(13)7-10(6-8)14-4;7-4-1-5(8)3-6(9)2-4/h5-7H,1-4H3;5-7,13H,1-4H3;1-3,9H. The van der Waals surface area contributed by atoms with E-state index in [9.17, 15) is 0 Å². The largest absolute Gasteiger partial charge is 0.508 e. The van der Waals surface area contributed by atoms with Gasteiger partial charge in [0.1, 0.15) is 28.5 Å². The predicted octanol–water partition coefficient (Wildman–Crippen LogP) is 11.1. The van der Waals surface area contributed by atoms with Crippen LogP contribution in [0.3, 0.4) is 0 Å². The Labute approximate surface area is 261 Å². The molecule has 3 aromatic rings. The van der Waals surface area contributed by atoms with Crippen molar-refractivity contribution in [2.75, 3.05) is 12.5 Å². The molecule has 0 aromatic heterocycles. The van der Waals surface area contributed by atoms with E-state index in [-0.39, 0.29) is 17.0 Å². The SMILES string of the molecule is CSc1cc(Br)cc(OC(C)(C)C)c1.CSc1cc(S)cc(OC(C)(C)C)c1.Oc1cc(Br)cc(Br)c1. The Kier molecular flexibility index (Phi) is 14.9. The molecule has 3 rings (SSSR count). The lowest BCUT2D eigenvalue weighted by atomic mass is 10.2. The summed E-state index contributed by atoms with van der Waals surface area (Å²) in [7, 11) is 0. The maximum absolute atomic E-state index is 8.93. The minimum Gasteiger partial charge on any atom is -0.508 e. The van der Waals surface area contributed by atoms with Crippen LogP contribution in [-0.2, 0) is 0 Å². The van der Waals surface area contributed by atoms with Crippen molar-refractivity contribution in [3.63, 3.8) is 0 Å². The highest BCUT2D eigenvalue weighted by molar-refractivity contribution is 9.11. The number of rotatable bonds is 4. The molecule has 0 spiro atoms. The van der Waals surface area contributed by atoms with Crippen molar-refractivity contribution in [3.8, 4) is 17.2 Å². The molecule has 0 aliphatic heterocycles. The highest BCUT2D eigenvalue weighted by Gasteiger charge is 2.13. The summed E-state index contributed by atoms with van der Waals surface area (Å²) < 4.78 is 14.3. The lowest BCUT2D eigenvalue weighted by Crippen LogP contribution is -2.22. The van der Waals surface area contributed by atoms with Crippen molar-refractivity contribution in [2.24, 2.45) is 0 Å². The zero-order valence-corrected chi connectivity index (χ0v) is 29.6. The van der Waals surface area contributed by atoms with Crippen molar-refractivity contribution in [2.45, 2.75) is 67.4 Å².